The zero-order valence-corrected chi connectivity index (χ0v) is 13.0. The van der Waals surface area contributed by atoms with Crippen LogP contribution in [0.2, 0.25) is 0 Å². The maximum atomic E-state index is 11.8. The molecule has 1 rings (SSSR count). The summed E-state index contributed by atoms with van der Waals surface area (Å²) in [7, 11) is 0. The molecule has 0 aromatic carbocycles. The van der Waals surface area contributed by atoms with E-state index in [4.69, 9.17) is 5.73 Å². The Morgan fingerprint density at radius 2 is 1.95 bits per heavy atom. The van der Waals surface area contributed by atoms with E-state index in [9.17, 15) is 4.79 Å². The van der Waals surface area contributed by atoms with E-state index in [-0.39, 0.29) is 5.91 Å². The Labute approximate surface area is 118 Å². The largest absolute Gasteiger partial charge is 0.368 e. The molecule has 1 unspecified atom stereocenters. The second kappa shape index (κ2) is 7.25. The fourth-order valence-electron chi connectivity index (χ4n) is 2.54. The molecule has 0 radical (unpaired) electrons. The Bertz CT molecular complexity index is 287. The van der Waals surface area contributed by atoms with Crippen LogP contribution in [0, 0.1) is 5.92 Å². The summed E-state index contributed by atoms with van der Waals surface area (Å²) in [5, 5.41) is 3.42. The molecule has 4 nitrogen and oxygen atoms in total. The van der Waals surface area contributed by atoms with Crippen molar-refractivity contribution in [2.75, 3.05) is 19.6 Å². The fraction of sp³-hybridized carbons (Fsp3) is 0.933. The van der Waals surface area contributed by atoms with Gasteiger partial charge in [0.1, 0.15) is 5.54 Å². The average molecular weight is 269 g/mol. The zero-order valence-electron chi connectivity index (χ0n) is 13.0. The number of rotatable bonds is 10. The molecular weight excluding hydrogens is 238 g/mol. The summed E-state index contributed by atoms with van der Waals surface area (Å²) in [6.07, 6.45) is 4.72. The Morgan fingerprint density at radius 1 is 1.37 bits per heavy atom. The first-order chi connectivity index (χ1) is 8.95. The van der Waals surface area contributed by atoms with Crippen LogP contribution in [0.3, 0.4) is 0 Å². The van der Waals surface area contributed by atoms with Crippen LogP contribution >= 0.6 is 0 Å². The van der Waals surface area contributed by atoms with Gasteiger partial charge in [-0.1, -0.05) is 33.6 Å². The van der Waals surface area contributed by atoms with Crippen molar-refractivity contribution >= 4 is 5.91 Å². The van der Waals surface area contributed by atoms with Gasteiger partial charge in [0, 0.05) is 19.1 Å². The number of hydrogen-bond acceptors (Lipinski definition) is 3. The topological polar surface area (TPSA) is 58.4 Å². The third kappa shape index (κ3) is 5.11. The second-order valence-electron chi connectivity index (χ2n) is 6.13. The van der Waals surface area contributed by atoms with Crippen molar-refractivity contribution in [1.29, 1.82) is 0 Å². The van der Waals surface area contributed by atoms with E-state index in [0.717, 1.165) is 13.1 Å². The Balaban J connectivity index is 2.60. The molecule has 0 aromatic heterocycles. The van der Waals surface area contributed by atoms with E-state index in [1.165, 1.54) is 25.7 Å². The predicted molar refractivity (Wildman–Crippen MR) is 79.9 cm³/mol. The molecule has 0 saturated heterocycles. The van der Waals surface area contributed by atoms with Gasteiger partial charge in [0.2, 0.25) is 5.91 Å². The highest BCUT2D eigenvalue weighted by molar-refractivity contribution is 5.84. The number of primary amides is 1. The van der Waals surface area contributed by atoms with Gasteiger partial charge in [-0.05, 0) is 32.2 Å². The van der Waals surface area contributed by atoms with Crippen LogP contribution in [0.25, 0.3) is 0 Å². The van der Waals surface area contributed by atoms with Gasteiger partial charge in [0.25, 0.3) is 0 Å². The summed E-state index contributed by atoms with van der Waals surface area (Å²) in [4.78, 5) is 14.2. The number of amides is 1. The summed E-state index contributed by atoms with van der Waals surface area (Å²) in [5.41, 5.74) is 5.02. The lowest BCUT2D eigenvalue weighted by Crippen LogP contribution is -2.60. The first-order valence-corrected chi connectivity index (χ1v) is 7.75. The van der Waals surface area contributed by atoms with Gasteiger partial charge in [-0.3, -0.25) is 10.1 Å². The monoisotopic (exact) mass is 269 g/mol. The highest BCUT2D eigenvalue weighted by Gasteiger charge is 2.38. The van der Waals surface area contributed by atoms with Gasteiger partial charge in [-0.15, -0.1) is 0 Å². The maximum absolute atomic E-state index is 11.8. The Morgan fingerprint density at radius 3 is 2.32 bits per heavy atom. The molecular formula is C15H31N3O. The standard InChI is InChI=1S/C15H31N3O/c1-5-12(6-2)10-18(7-3)11-15(4,14(16)19)17-13-8-9-13/h12-13,17H,5-11H2,1-4H3,(H2,16,19). The van der Waals surface area contributed by atoms with Crippen molar-refractivity contribution in [3.05, 3.63) is 0 Å². The number of hydrogen-bond donors (Lipinski definition) is 2. The van der Waals surface area contributed by atoms with Crippen LogP contribution in [0.15, 0.2) is 0 Å². The number of nitrogens with one attached hydrogen (secondary N) is 1. The number of carbonyl (C=O) groups is 1. The van der Waals surface area contributed by atoms with Crippen LogP contribution in [-0.2, 0) is 4.79 Å². The lowest BCUT2D eigenvalue weighted by atomic mass is 9.98. The number of nitrogens with zero attached hydrogens (tertiary/aromatic N) is 1. The maximum Gasteiger partial charge on any atom is 0.238 e. The van der Waals surface area contributed by atoms with Crippen molar-refractivity contribution in [3.8, 4) is 0 Å². The first kappa shape index (κ1) is 16.4. The van der Waals surface area contributed by atoms with Crippen molar-refractivity contribution < 1.29 is 4.79 Å². The molecule has 4 heteroatoms. The molecule has 19 heavy (non-hydrogen) atoms. The Kier molecular flexibility index (Phi) is 6.27. The quantitative estimate of drug-likeness (QED) is 0.635. The van der Waals surface area contributed by atoms with Crippen molar-refractivity contribution in [2.45, 2.75) is 65.0 Å². The van der Waals surface area contributed by atoms with Gasteiger partial charge < -0.3 is 10.6 Å². The van der Waals surface area contributed by atoms with Crippen LogP contribution in [0.1, 0.15) is 53.4 Å². The summed E-state index contributed by atoms with van der Waals surface area (Å²) in [6, 6.07) is 0.490. The van der Waals surface area contributed by atoms with Crippen LogP contribution in [-0.4, -0.2) is 42.0 Å². The first-order valence-electron chi connectivity index (χ1n) is 7.75. The van der Waals surface area contributed by atoms with Crippen LogP contribution < -0.4 is 11.1 Å². The predicted octanol–water partition coefficient (Wildman–Crippen LogP) is 1.74. The molecule has 3 N–H and O–H groups in total. The third-order valence-corrected chi connectivity index (χ3v) is 4.30. The average Bonchev–Trinajstić information content (AvgIpc) is 3.17. The van der Waals surface area contributed by atoms with Gasteiger partial charge in [0.05, 0.1) is 0 Å². The molecule has 1 saturated carbocycles. The minimum Gasteiger partial charge on any atom is -0.368 e. The van der Waals surface area contributed by atoms with E-state index in [0.29, 0.717) is 18.5 Å². The fourth-order valence-corrected chi connectivity index (χ4v) is 2.54. The highest BCUT2D eigenvalue weighted by atomic mass is 16.1. The Hall–Kier alpha value is -0.610. The molecule has 0 spiro atoms. The summed E-state index contributed by atoms with van der Waals surface area (Å²) >= 11 is 0. The molecule has 0 bridgehead atoms. The zero-order chi connectivity index (χ0) is 14.5. The minimum absolute atomic E-state index is 0.234. The molecule has 0 aliphatic heterocycles. The number of likely N-dealkylation sites (N-methyl/N-ethyl adjacent to an activating group) is 1. The van der Waals surface area contributed by atoms with Gasteiger partial charge in [-0.2, -0.15) is 0 Å². The van der Waals surface area contributed by atoms with Gasteiger partial charge in [-0.25, -0.2) is 0 Å². The van der Waals surface area contributed by atoms with E-state index in [2.05, 4.69) is 31.0 Å². The number of nitrogens with two attached hydrogens (primary N) is 1. The lowest BCUT2D eigenvalue weighted by molar-refractivity contribution is -0.124. The van der Waals surface area contributed by atoms with E-state index in [1.54, 1.807) is 0 Å². The van der Waals surface area contributed by atoms with Crippen LogP contribution in [0.5, 0.6) is 0 Å². The SMILES string of the molecule is CCC(CC)CN(CC)CC(C)(NC1CC1)C(N)=O. The molecule has 1 aliphatic carbocycles. The highest BCUT2D eigenvalue weighted by Crippen LogP contribution is 2.23. The second-order valence-corrected chi connectivity index (χ2v) is 6.13. The molecule has 112 valence electrons. The van der Waals surface area contributed by atoms with Crippen molar-refractivity contribution in [1.82, 2.24) is 10.2 Å². The molecule has 0 heterocycles. The summed E-state index contributed by atoms with van der Waals surface area (Å²) in [6.45, 7) is 11.3. The summed E-state index contributed by atoms with van der Waals surface area (Å²) in [5.74, 6) is 0.473. The molecule has 1 atom stereocenters. The van der Waals surface area contributed by atoms with Crippen LogP contribution in [0.4, 0.5) is 0 Å². The van der Waals surface area contributed by atoms with Crippen molar-refractivity contribution in [2.24, 2.45) is 11.7 Å². The summed E-state index contributed by atoms with van der Waals surface area (Å²) < 4.78 is 0. The molecule has 0 aromatic rings. The van der Waals surface area contributed by atoms with E-state index in [1.807, 2.05) is 6.92 Å². The van der Waals surface area contributed by atoms with Gasteiger partial charge >= 0.3 is 0 Å². The molecule has 1 aliphatic rings. The van der Waals surface area contributed by atoms with Crippen molar-refractivity contribution in [3.63, 3.8) is 0 Å². The molecule has 1 fully saturated rings. The minimum atomic E-state index is -0.594. The van der Waals surface area contributed by atoms with E-state index >= 15 is 0 Å². The van der Waals surface area contributed by atoms with E-state index < -0.39 is 5.54 Å². The normalized spacial score (nSPS) is 18.8. The molecule has 1 amide bonds. The smallest absolute Gasteiger partial charge is 0.238 e. The lowest BCUT2D eigenvalue weighted by Gasteiger charge is -2.35. The van der Waals surface area contributed by atoms with Gasteiger partial charge in [0.15, 0.2) is 0 Å². The number of carbonyl (C=O) groups excluding carboxylic acids is 1. The third-order valence-electron chi connectivity index (χ3n) is 4.30.